The zero-order valence-electron chi connectivity index (χ0n) is 9.96. The van der Waals surface area contributed by atoms with Crippen molar-refractivity contribution < 1.29 is 14.7 Å². The minimum atomic E-state index is -0.972. The molecule has 0 atom stereocenters. The van der Waals surface area contributed by atoms with Crippen LogP contribution in [0.3, 0.4) is 0 Å². The van der Waals surface area contributed by atoms with E-state index in [-0.39, 0.29) is 11.5 Å². The number of carboxylic acid groups (broad SMARTS) is 1. The van der Waals surface area contributed by atoms with Crippen LogP contribution in [0.4, 0.5) is 0 Å². The monoisotopic (exact) mass is 265 g/mol. The number of carbonyl (C=O) groups excluding carboxylic acids is 1. The van der Waals surface area contributed by atoms with E-state index in [1.807, 2.05) is 16.7 Å². The van der Waals surface area contributed by atoms with E-state index in [2.05, 4.69) is 0 Å². The summed E-state index contributed by atoms with van der Waals surface area (Å²) in [5.74, 6) is 1.09. The summed E-state index contributed by atoms with van der Waals surface area (Å²) in [6.07, 6.45) is 1.02. The molecule has 18 heavy (non-hydrogen) atoms. The molecule has 0 radical (unpaired) electrons. The SMILES string of the molecule is O=C(O)c1ccc(C(=O)N2CCCSCC2)cc1. The summed E-state index contributed by atoms with van der Waals surface area (Å²) in [5.41, 5.74) is 0.768. The lowest BCUT2D eigenvalue weighted by atomic mass is 10.1. The summed E-state index contributed by atoms with van der Waals surface area (Å²) in [6, 6.07) is 6.12. The number of carboxylic acids is 1. The van der Waals surface area contributed by atoms with Crippen molar-refractivity contribution in [3.63, 3.8) is 0 Å². The maximum Gasteiger partial charge on any atom is 0.335 e. The third-order valence-electron chi connectivity index (χ3n) is 2.89. The lowest BCUT2D eigenvalue weighted by molar-refractivity contribution is 0.0694. The van der Waals surface area contributed by atoms with E-state index in [4.69, 9.17) is 5.11 Å². The molecule has 1 amide bonds. The molecule has 1 N–H and O–H groups in total. The molecule has 4 nitrogen and oxygen atoms in total. The van der Waals surface area contributed by atoms with Gasteiger partial charge in [0.1, 0.15) is 0 Å². The fraction of sp³-hybridized carbons (Fsp3) is 0.385. The Bertz CT molecular complexity index is 436. The molecule has 0 unspecified atom stereocenters. The molecular formula is C13H15NO3S. The van der Waals surface area contributed by atoms with Gasteiger partial charge in [-0.05, 0) is 36.4 Å². The third-order valence-corrected chi connectivity index (χ3v) is 3.94. The summed E-state index contributed by atoms with van der Waals surface area (Å²) in [5, 5.41) is 8.80. The lowest BCUT2D eigenvalue weighted by Gasteiger charge is -2.19. The predicted molar refractivity (Wildman–Crippen MR) is 71.2 cm³/mol. The number of aromatic carboxylic acids is 1. The van der Waals surface area contributed by atoms with Gasteiger partial charge in [-0.25, -0.2) is 4.79 Å². The summed E-state index contributed by atoms with van der Waals surface area (Å²) < 4.78 is 0. The third kappa shape index (κ3) is 3.04. The Morgan fingerprint density at radius 1 is 1.06 bits per heavy atom. The highest BCUT2D eigenvalue weighted by molar-refractivity contribution is 7.99. The largest absolute Gasteiger partial charge is 0.478 e. The smallest absolute Gasteiger partial charge is 0.335 e. The van der Waals surface area contributed by atoms with Crippen LogP contribution in [-0.2, 0) is 0 Å². The van der Waals surface area contributed by atoms with Gasteiger partial charge in [-0.2, -0.15) is 11.8 Å². The molecule has 2 rings (SSSR count). The Morgan fingerprint density at radius 3 is 2.39 bits per heavy atom. The highest BCUT2D eigenvalue weighted by atomic mass is 32.2. The van der Waals surface area contributed by atoms with E-state index in [0.29, 0.717) is 5.56 Å². The van der Waals surface area contributed by atoms with Gasteiger partial charge in [0.05, 0.1) is 5.56 Å². The second-order valence-corrected chi connectivity index (χ2v) is 5.37. The van der Waals surface area contributed by atoms with E-state index in [0.717, 1.165) is 31.0 Å². The Morgan fingerprint density at radius 2 is 1.72 bits per heavy atom. The first-order valence-electron chi connectivity index (χ1n) is 5.89. The van der Waals surface area contributed by atoms with Crippen molar-refractivity contribution in [2.75, 3.05) is 24.6 Å². The lowest BCUT2D eigenvalue weighted by Crippen LogP contribution is -2.32. The van der Waals surface area contributed by atoms with Gasteiger partial charge in [0.2, 0.25) is 0 Å². The summed E-state index contributed by atoms with van der Waals surface area (Å²) in [7, 11) is 0. The van der Waals surface area contributed by atoms with Gasteiger partial charge in [0, 0.05) is 24.4 Å². The minimum Gasteiger partial charge on any atom is -0.478 e. The number of amides is 1. The zero-order chi connectivity index (χ0) is 13.0. The summed E-state index contributed by atoms with van der Waals surface area (Å²) in [4.78, 5) is 24.8. The van der Waals surface area contributed by atoms with Crippen molar-refractivity contribution >= 4 is 23.6 Å². The number of hydrogen-bond acceptors (Lipinski definition) is 3. The van der Waals surface area contributed by atoms with Crippen LogP contribution in [0.2, 0.25) is 0 Å². The van der Waals surface area contributed by atoms with Gasteiger partial charge in [-0.1, -0.05) is 0 Å². The van der Waals surface area contributed by atoms with E-state index >= 15 is 0 Å². The van der Waals surface area contributed by atoms with Crippen molar-refractivity contribution in [3.05, 3.63) is 35.4 Å². The molecule has 1 aromatic rings. The van der Waals surface area contributed by atoms with E-state index in [1.54, 1.807) is 12.1 Å². The molecule has 1 fully saturated rings. The topological polar surface area (TPSA) is 57.6 Å². The van der Waals surface area contributed by atoms with E-state index in [9.17, 15) is 9.59 Å². The molecule has 1 heterocycles. The molecule has 1 aromatic carbocycles. The number of benzene rings is 1. The molecular weight excluding hydrogens is 250 g/mol. The average Bonchev–Trinajstić information content (AvgIpc) is 2.67. The number of carbonyl (C=O) groups is 2. The first-order valence-corrected chi connectivity index (χ1v) is 7.04. The second-order valence-electron chi connectivity index (χ2n) is 4.14. The van der Waals surface area contributed by atoms with Gasteiger partial charge in [0.25, 0.3) is 5.91 Å². The van der Waals surface area contributed by atoms with Gasteiger partial charge >= 0.3 is 5.97 Å². The number of thioether (sulfide) groups is 1. The van der Waals surface area contributed by atoms with Crippen molar-refractivity contribution in [1.82, 2.24) is 4.90 Å². The number of hydrogen-bond donors (Lipinski definition) is 1. The summed E-state index contributed by atoms with van der Waals surface area (Å²) in [6.45, 7) is 1.55. The average molecular weight is 265 g/mol. The van der Waals surface area contributed by atoms with Crippen molar-refractivity contribution in [2.45, 2.75) is 6.42 Å². The van der Waals surface area contributed by atoms with Gasteiger partial charge < -0.3 is 10.0 Å². The van der Waals surface area contributed by atoms with E-state index < -0.39 is 5.97 Å². The second kappa shape index (κ2) is 5.91. The standard InChI is InChI=1S/C13H15NO3S/c15-12(14-6-1-8-18-9-7-14)10-2-4-11(5-3-10)13(16)17/h2-5H,1,6-9H2,(H,16,17). The molecule has 5 heteroatoms. The maximum atomic E-state index is 12.2. The Kier molecular flexibility index (Phi) is 4.25. The predicted octanol–water partition coefficient (Wildman–Crippen LogP) is 1.96. The first-order chi connectivity index (χ1) is 8.68. The Labute approximate surface area is 110 Å². The highest BCUT2D eigenvalue weighted by Crippen LogP contribution is 2.14. The van der Waals surface area contributed by atoms with Crippen LogP contribution in [0.1, 0.15) is 27.1 Å². The molecule has 0 bridgehead atoms. The summed E-state index contributed by atoms with van der Waals surface area (Å²) >= 11 is 1.87. The quantitative estimate of drug-likeness (QED) is 0.888. The fourth-order valence-corrected chi connectivity index (χ4v) is 2.77. The molecule has 0 aliphatic carbocycles. The normalized spacial score (nSPS) is 16.1. The molecule has 0 spiro atoms. The molecule has 0 saturated carbocycles. The van der Waals surface area contributed by atoms with Gasteiger partial charge in [-0.15, -0.1) is 0 Å². The van der Waals surface area contributed by atoms with Crippen LogP contribution < -0.4 is 0 Å². The minimum absolute atomic E-state index is 0.00515. The van der Waals surface area contributed by atoms with Crippen LogP contribution >= 0.6 is 11.8 Å². The zero-order valence-corrected chi connectivity index (χ0v) is 10.8. The van der Waals surface area contributed by atoms with Crippen molar-refractivity contribution in [3.8, 4) is 0 Å². The molecule has 1 aliphatic heterocycles. The fourth-order valence-electron chi connectivity index (χ4n) is 1.89. The Balaban J connectivity index is 2.10. The van der Waals surface area contributed by atoms with E-state index in [1.165, 1.54) is 12.1 Å². The molecule has 1 aliphatic rings. The number of rotatable bonds is 2. The van der Waals surface area contributed by atoms with Crippen LogP contribution in [0.5, 0.6) is 0 Å². The van der Waals surface area contributed by atoms with Crippen LogP contribution in [0, 0.1) is 0 Å². The molecule has 0 aromatic heterocycles. The van der Waals surface area contributed by atoms with Crippen LogP contribution in [-0.4, -0.2) is 46.5 Å². The number of nitrogens with zero attached hydrogens (tertiary/aromatic N) is 1. The molecule has 96 valence electrons. The van der Waals surface area contributed by atoms with Crippen molar-refractivity contribution in [2.24, 2.45) is 0 Å². The van der Waals surface area contributed by atoms with Crippen LogP contribution in [0.25, 0.3) is 0 Å². The van der Waals surface area contributed by atoms with Gasteiger partial charge in [-0.3, -0.25) is 4.79 Å². The van der Waals surface area contributed by atoms with Gasteiger partial charge in [0.15, 0.2) is 0 Å². The highest BCUT2D eigenvalue weighted by Gasteiger charge is 2.17. The Hall–Kier alpha value is -1.49. The first kappa shape index (κ1) is 13.0. The maximum absolute atomic E-state index is 12.2. The van der Waals surface area contributed by atoms with Crippen molar-refractivity contribution in [1.29, 1.82) is 0 Å². The molecule has 1 saturated heterocycles. The van der Waals surface area contributed by atoms with Crippen LogP contribution in [0.15, 0.2) is 24.3 Å².